The summed E-state index contributed by atoms with van der Waals surface area (Å²) in [7, 11) is 0. The Bertz CT molecular complexity index is 531. The fourth-order valence-corrected chi connectivity index (χ4v) is 2.24. The molecule has 0 fully saturated rings. The summed E-state index contributed by atoms with van der Waals surface area (Å²) < 4.78 is 13.2. The number of hydrogen-bond acceptors (Lipinski definition) is 1. The van der Waals surface area contributed by atoms with Gasteiger partial charge < -0.3 is 5.73 Å². The van der Waals surface area contributed by atoms with Gasteiger partial charge in [-0.15, -0.1) is 0 Å². The third kappa shape index (κ3) is 3.42. The molecule has 0 heterocycles. The van der Waals surface area contributed by atoms with Crippen LogP contribution < -0.4 is 5.73 Å². The molecular formula is C17H20FN. The molecule has 0 unspecified atom stereocenters. The van der Waals surface area contributed by atoms with E-state index in [1.165, 1.54) is 30.5 Å². The lowest BCUT2D eigenvalue weighted by molar-refractivity contribution is 0.625. The molecule has 2 aromatic rings. The lowest BCUT2D eigenvalue weighted by atomic mass is 9.97. The fraction of sp³-hybridized carbons (Fsp3) is 0.294. The van der Waals surface area contributed by atoms with Crippen LogP contribution in [0.3, 0.4) is 0 Å². The van der Waals surface area contributed by atoms with Crippen LogP contribution in [0.4, 0.5) is 4.39 Å². The van der Waals surface area contributed by atoms with Crippen LogP contribution in [0, 0.1) is 5.82 Å². The van der Waals surface area contributed by atoms with E-state index in [0.717, 1.165) is 23.1 Å². The first-order valence-electron chi connectivity index (χ1n) is 6.82. The predicted octanol–water partition coefficient (Wildman–Crippen LogP) is 4.29. The van der Waals surface area contributed by atoms with Crippen molar-refractivity contribution in [3.05, 3.63) is 59.4 Å². The zero-order valence-electron chi connectivity index (χ0n) is 11.3. The highest BCUT2D eigenvalue weighted by atomic mass is 19.1. The molecule has 2 rings (SSSR count). The summed E-state index contributed by atoms with van der Waals surface area (Å²) >= 11 is 0. The van der Waals surface area contributed by atoms with Crippen LogP contribution >= 0.6 is 0 Å². The van der Waals surface area contributed by atoms with Crippen molar-refractivity contribution in [3.63, 3.8) is 0 Å². The molecule has 0 aliphatic carbocycles. The first-order chi connectivity index (χ1) is 9.24. The van der Waals surface area contributed by atoms with Gasteiger partial charge in [0.2, 0.25) is 0 Å². The van der Waals surface area contributed by atoms with Gasteiger partial charge in [-0.1, -0.05) is 43.7 Å². The summed E-state index contributed by atoms with van der Waals surface area (Å²) in [4.78, 5) is 0. The van der Waals surface area contributed by atoms with E-state index in [1.54, 1.807) is 6.07 Å². The van der Waals surface area contributed by atoms with E-state index >= 15 is 0 Å². The van der Waals surface area contributed by atoms with Gasteiger partial charge in [-0.3, -0.25) is 0 Å². The molecule has 0 saturated heterocycles. The standard InChI is InChI=1S/C17H20FN/c1-2-3-4-13-5-7-14(8-6-13)17-10-9-16(18)11-15(17)12-19/h5-11H,2-4,12,19H2,1H3. The number of halogens is 1. The zero-order valence-corrected chi connectivity index (χ0v) is 11.3. The van der Waals surface area contributed by atoms with Crippen LogP contribution in [0.25, 0.3) is 11.1 Å². The second-order valence-electron chi connectivity index (χ2n) is 4.81. The van der Waals surface area contributed by atoms with Crippen LogP contribution in [0.15, 0.2) is 42.5 Å². The Labute approximate surface area is 114 Å². The van der Waals surface area contributed by atoms with E-state index in [2.05, 4.69) is 31.2 Å². The minimum Gasteiger partial charge on any atom is -0.326 e. The zero-order chi connectivity index (χ0) is 13.7. The summed E-state index contributed by atoms with van der Waals surface area (Å²) in [6, 6.07) is 13.3. The van der Waals surface area contributed by atoms with Crippen LogP contribution in [0.1, 0.15) is 30.9 Å². The van der Waals surface area contributed by atoms with Crippen LogP contribution in [-0.4, -0.2) is 0 Å². The van der Waals surface area contributed by atoms with Crippen molar-refractivity contribution >= 4 is 0 Å². The van der Waals surface area contributed by atoms with Gasteiger partial charge in [0.15, 0.2) is 0 Å². The van der Waals surface area contributed by atoms with Crippen molar-refractivity contribution in [1.29, 1.82) is 0 Å². The normalized spacial score (nSPS) is 10.7. The molecule has 0 spiro atoms. The Morgan fingerprint density at radius 3 is 2.42 bits per heavy atom. The van der Waals surface area contributed by atoms with E-state index in [0.29, 0.717) is 6.54 Å². The lowest BCUT2D eigenvalue weighted by Gasteiger charge is -2.09. The van der Waals surface area contributed by atoms with Gasteiger partial charge in [0.1, 0.15) is 5.82 Å². The maximum absolute atomic E-state index is 13.2. The van der Waals surface area contributed by atoms with Gasteiger partial charge in [-0.25, -0.2) is 4.39 Å². The summed E-state index contributed by atoms with van der Waals surface area (Å²) in [6.07, 6.45) is 3.53. The van der Waals surface area contributed by atoms with Crippen molar-refractivity contribution < 1.29 is 4.39 Å². The third-order valence-corrected chi connectivity index (χ3v) is 3.37. The number of rotatable bonds is 5. The maximum atomic E-state index is 13.2. The highest BCUT2D eigenvalue weighted by Gasteiger charge is 2.05. The fourth-order valence-electron chi connectivity index (χ4n) is 2.24. The first kappa shape index (κ1) is 13.8. The molecule has 0 amide bonds. The third-order valence-electron chi connectivity index (χ3n) is 3.37. The first-order valence-corrected chi connectivity index (χ1v) is 6.82. The molecule has 1 nitrogen and oxygen atoms in total. The van der Waals surface area contributed by atoms with Gasteiger partial charge in [-0.05, 0) is 47.2 Å². The second-order valence-corrected chi connectivity index (χ2v) is 4.81. The molecule has 2 aromatic carbocycles. The van der Waals surface area contributed by atoms with Gasteiger partial charge >= 0.3 is 0 Å². The number of benzene rings is 2. The molecule has 2 heteroatoms. The van der Waals surface area contributed by atoms with Crippen molar-refractivity contribution in [2.75, 3.05) is 0 Å². The van der Waals surface area contributed by atoms with Crippen molar-refractivity contribution in [1.82, 2.24) is 0 Å². The molecule has 2 N–H and O–H groups in total. The average molecular weight is 257 g/mol. The Balaban J connectivity index is 2.26. The molecule has 100 valence electrons. The summed E-state index contributed by atoms with van der Waals surface area (Å²) in [5.41, 5.74) is 10.0. The summed E-state index contributed by atoms with van der Waals surface area (Å²) in [5.74, 6) is -0.233. The summed E-state index contributed by atoms with van der Waals surface area (Å²) in [5, 5.41) is 0. The molecular weight excluding hydrogens is 237 g/mol. The Kier molecular flexibility index (Phi) is 4.69. The largest absolute Gasteiger partial charge is 0.326 e. The van der Waals surface area contributed by atoms with E-state index in [1.807, 2.05) is 0 Å². The van der Waals surface area contributed by atoms with Crippen molar-refractivity contribution in [2.24, 2.45) is 5.73 Å². The minimum atomic E-state index is -0.233. The van der Waals surface area contributed by atoms with E-state index < -0.39 is 0 Å². The SMILES string of the molecule is CCCCc1ccc(-c2ccc(F)cc2CN)cc1. The van der Waals surface area contributed by atoms with Gasteiger partial charge in [0.05, 0.1) is 0 Å². The Morgan fingerprint density at radius 2 is 1.79 bits per heavy atom. The van der Waals surface area contributed by atoms with Crippen LogP contribution in [-0.2, 0) is 13.0 Å². The van der Waals surface area contributed by atoms with Crippen molar-refractivity contribution in [3.8, 4) is 11.1 Å². The lowest BCUT2D eigenvalue weighted by Crippen LogP contribution is -1.99. The highest BCUT2D eigenvalue weighted by Crippen LogP contribution is 2.25. The Morgan fingerprint density at radius 1 is 1.05 bits per heavy atom. The van der Waals surface area contributed by atoms with Crippen molar-refractivity contribution in [2.45, 2.75) is 32.7 Å². The van der Waals surface area contributed by atoms with Crippen LogP contribution in [0.5, 0.6) is 0 Å². The second kappa shape index (κ2) is 6.48. The van der Waals surface area contributed by atoms with E-state index in [9.17, 15) is 4.39 Å². The monoisotopic (exact) mass is 257 g/mol. The molecule has 0 saturated carbocycles. The number of aryl methyl sites for hydroxylation is 1. The molecule has 19 heavy (non-hydrogen) atoms. The molecule has 0 bridgehead atoms. The maximum Gasteiger partial charge on any atom is 0.123 e. The Hall–Kier alpha value is -1.67. The quantitative estimate of drug-likeness (QED) is 0.849. The smallest absolute Gasteiger partial charge is 0.123 e. The molecule has 0 aromatic heterocycles. The number of nitrogens with two attached hydrogens (primary N) is 1. The van der Waals surface area contributed by atoms with Crippen LogP contribution in [0.2, 0.25) is 0 Å². The average Bonchev–Trinajstić information content (AvgIpc) is 2.45. The number of hydrogen-bond donors (Lipinski definition) is 1. The van der Waals surface area contributed by atoms with Gasteiger partial charge in [-0.2, -0.15) is 0 Å². The van der Waals surface area contributed by atoms with Gasteiger partial charge in [0.25, 0.3) is 0 Å². The van der Waals surface area contributed by atoms with E-state index in [-0.39, 0.29) is 5.82 Å². The highest BCUT2D eigenvalue weighted by molar-refractivity contribution is 5.67. The molecule has 0 radical (unpaired) electrons. The predicted molar refractivity (Wildman–Crippen MR) is 78.3 cm³/mol. The molecule has 0 atom stereocenters. The molecule has 0 aliphatic heterocycles. The number of unbranched alkanes of at least 4 members (excludes halogenated alkanes) is 1. The molecule has 0 aliphatic rings. The topological polar surface area (TPSA) is 26.0 Å². The van der Waals surface area contributed by atoms with E-state index in [4.69, 9.17) is 5.73 Å². The summed E-state index contributed by atoms with van der Waals surface area (Å²) in [6.45, 7) is 2.55. The minimum absolute atomic E-state index is 0.233. The van der Waals surface area contributed by atoms with Gasteiger partial charge in [0, 0.05) is 6.54 Å².